The van der Waals surface area contributed by atoms with E-state index in [0.717, 1.165) is 39.2 Å². The van der Waals surface area contributed by atoms with Gasteiger partial charge in [-0.3, -0.25) is 4.79 Å². The normalized spacial score (nSPS) is 12.7. The van der Waals surface area contributed by atoms with Crippen LogP contribution in [0.3, 0.4) is 0 Å². The summed E-state index contributed by atoms with van der Waals surface area (Å²) in [5, 5.41) is 10.6. The number of amides is 1. The number of rotatable bonds is 5. The zero-order chi connectivity index (χ0) is 20.5. The summed E-state index contributed by atoms with van der Waals surface area (Å²) in [6.07, 6.45) is 0. The van der Waals surface area contributed by atoms with E-state index in [9.17, 15) is 4.79 Å². The summed E-state index contributed by atoms with van der Waals surface area (Å²) in [6.45, 7) is -0.0773. The number of hydrogen-bond donors (Lipinski definition) is 1. The number of benzene rings is 3. The van der Waals surface area contributed by atoms with Crippen LogP contribution in [-0.2, 0) is 16.3 Å². The van der Waals surface area contributed by atoms with Crippen molar-refractivity contribution in [3.8, 4) is 11.4 Å². The van der Waals surface area contributed by atoms with Crippen molar-refractivity contribution in [2.75, 3.05) is 11.9 Å². The van der Waals surface area contributed by atoms with Gasteiger partial charge in [0.1, 0.15) is 11.6 Å². The molecule has 3 aromatic carbocycles. The van der Waals surface area contributed by atoms with E-state index in [2.05, 4.69) is 5.32 Å². The molecule has 7 heteroatoms. The van der Waals surface area contributed by atoms with Crippen molar-refractivity contribution in [3.63, 3.8) is 0 Å². The Morgan fingerprint density at radius 3 is 2.70 bits per heavy atom. The number of halogens is 1. The van der Waals surface area contributed by atoms with E-state index >= 15 is 0 Å². The summed E-state index contributed by atoms with van der Waals surface area (Å²) >= 11 is 7.80. The number of anilines is 1. The molecule has 5 rings (SSSR count). The Bertz CT molecular complexity index is 1240. The average molecular weight is 436 g/mol. The first kappa shape index (κ1) is 19.0. The zero-order valence-electron chi connectivity index (χ0n) is 16.0. The maximum atomic E-state index is 12.7. The highest BCUT2D eigenvalue weighted by molar-refractivity contribution is 7.98. The van der Waals surface area contributed by atoms with E-state index in [4.69, 9.17) is 21.4 Å². The van der Waals surface area contributed by atoms with E-state index in [-0.39, 0.29) is 12.5 Å². The van der Waals surface area contributed by atoms with Gasteiger partial charge in [-0.1, -0.05) is 41.9 Å². The van der Waals surface area contributed by atoms with Crippen LogP contribution in [0, 0.1) is 0 Å². The van der Waals surface area contributed by atoms with E-state index in [1.807, 2.05) is 66.7 Å². The number of carbonyl (C=O) groups excluding carboxylic acids is 1. The number of aromatic nitrogens is 2. The molecule has 0 radical (unpaired) electrons. The summed E-state index contributed by atoms with van der Waals surface area (Å²) in [6, 6.07) is 21.2. The first-order valence-electron chi connectivity index (χ1n) is 9.53. The van der Waals surface area contributed by atoms with Crippen LogP contribution in [0.15, 0.2) is 66.7 Å². The molecule has 1 aliphatic heterocycles. The molecular formula is C23H18ClN3O2S. The molecule has 0 unspecified atom stereocenters. The lowest BCUT2D eigenvalue weighted by atomic mass is 10.1. The van der Waals surface area contributed by atoms with E-state index in [1.165, 1.54) is 0 Å². The van der Waals surface area contributed by atoms with Gasteiger partial charge in [-0.25, -0.2) is 4.68 Å². The summed E-state index contributed by atoms with van der Waals surface area (Å²) in [4.78, 5) is 12.7. The molecule has 150 valence electrons. The highest BCUT2D eigenvalue weighted by Gasteiger charge is 2.24. The van der Waals surface area contributed by atoms with E-state index in [0.29, 0.717) is 16.6 Å². The van der Waals surface area contributed by atoms with Gasteiger partial charge < -0.3 is 10.1 Å². The van der Waals surface area contributed by atoms with Crippen LogP contribution < -0.4 is 10.1 Å². The highest BCUT2D eigenvalue weighted by atomic mass is 35.5. The molecule has 0 bridgehead atoms. The first-order valence-corrected chi connectivity index (χ1v) is 11.1. The van der Waals surface area contributed by atoms with Crippen molar-refractivity contribution in [1.29, 1.82) is 0 Å². The minimum absolute atomic E-state index is 0.0773. The minimum Gasteiger partial charge on any atom is -0.484 e. The van der Waals surface area contributed by atoms with Gasteiger partial charge in [0, 0.05) is 22.1 Å². The van der Waals surface area contributed by atoms with Gasteiger partial charge in [0.25, 0.3) is 5.91 Å². The fourth-order valence-electron chi connectivity index (χ4n) is 3.48. The molecule has 30 heavy (non-hydrogen) atoms. The molecule has 1 amide bonds. The standard InChI is InChI=1S/C23H18ClN3O2S/c24-17-6-8-18(9-7-17)27-23(20-13-30-14-21(20)26-27)25-22(28)12-29-19-10-5-15-3-1-2-4-16(15)11-19/h1-11H,12-14H2,(H,25,28). The van der Waals surface area contributed by atoms with Gasteiger partial charge in [0.05, 0.1) is 11.4 Å². The lowest BCUT2D eigenvalue weighted by Gasteiger charge is -2.12. The number of nitrogens with one attached hydrogen (secondary N) is 1. The Morgan fingerprint density at radius 1 is 1.07 bits per heavy atom. The Labute approximate surface area is 183 Å². The van der Waals surface area contributed by atoms with Crippen LogP contribution in [0.25, 0.3) is 16.5 Å². The topological polar surface area (TPSA) is 56.1 Å². The van der Waals surface area contributed by atoms with Crippen LogP contribution in [0.1, 0.15) is 11.3 Å². The molecule has 0 saturated carbocycles. The van der Waals surface area contributed by atoms with Crippen molar-refractivity contribution < 1.29 is 9.53 Å². The van der Waals surface area contributed by atoms with Gasteiger partial charge in [0.15, 0.2) is 6.61 Å². The molecule has 0 aliphatic carbocycles. The second-order valence-corrected chi connectivity index (χ2v) is 8.42. The number of ether oxygens (including phenoxy) is 1. The lowest BCUT2D eigenvalue weighted by Crippen LogP contribution is -2.22. The maximum absolute atomic E-state index is 12.7. The zero-order valence-corrected chi connectivity index (χ0v) is 17.5. The molecular weight excluding hydrogens is 418 g/mol. The lowest BCUT2D eigenvalue weighted by molar-refractivity contribution is -0.118. The van der Waals surface area contributed by atoms with Gasteiger partial charge >= 0.3 is 0 Å². The second-order valence-electron chi connectivity index (χ2n) is 7.00. The highest BCUT2D eigenvalue weighted by Crippen LogP contribution is 2.36. The monoisotopic (exact) mass is 435 g/mol. The molecule has 0 fully saturated rings. The quantitative estimate of drug-likeness (QED) is 0.453. The fraction of sp³-hybridized carbons (Fsp3) is 0.130. The molecule has 4 aromatic rings. The van der Waals surface area contributed by atoms with Crippen LogP contribution in [0.4, 0.5) is 5.82 Å². The molecule has 1 aliphatic rings. The smallest absolute Gasteiger partial charge is 0.263 e. The molecule has 5 nitrogen and oxygen atoms in total. The SMILES string of the molecule is O=C(COc1ccc2ccccc2c1)Nc1c2c(nn1-c1ccc(Cl)cc1)CSC2. The Balaban J connectivity index is 1.34. The van der Waals surface area contributed by atoms with Crippen molar-refractivity contribution in [3.05, 3.63) is 83.0 Å². The third-order valence-electron chi connectivity index (χ3n) is 4.97. The number of nitrogens with zero attached hydrogens (tertiary/aromatic N) is 2. The Kier molecular flexibility index (Phi) is 5.11. The molecule has 0 spiro atoms. The van der Waals surface area contributed by atoms with E-state index in [1.54, 1.807) is 16.4 Å². The van der Waals surface area contributed by atoms with E-state index < -0.39 is 0 Å². The van der Waals surface area contributed by atoms with Gasteiger partial charge in [-0.2, -0.15) is 16.9 Å². The van der Waals surface area contributed by atoms with Gasteiger partial charge in [-0.15, -0.1) is 0 Å². The molecule has 2 heterocycles. The van der Waals surface area contributed by atoms with Gasteiger partial charge in [-0.05, 0) is 47.2 Å². The maximum Gasteiger partial charge on any atom is 0.263 e. The van der Waals surface area contributed by atoms with Crippen LogP contribution in [-0.4, -0.2) is 22.3 Å². The largest absolute Gasteiger partial charge is 0.484 e. The van der Waals surface area contributed by atoms with Crippen molar-refractivity contribution in [2.24, 2.45) is 0 Å². The predicted octanol–water partition coefficient (Wildman–Crippen LogP) is 5.44. The summed E-state index contributed by atoms with van der Waals surface area (Å²) in [5.41, 5.74) is 2.92. The van der Waals surface area contributed by atoms with Gasteiger partial charge in [0.2, 0.25) is 0 Å². The first-order chi connectivity index (χ1) is 14.7. The van der Waals surface area contributed by atoms with Crippen LogP contribution in [0.5, 0.6) is 5.75 Å². The number of thioether (sulfide) groups is 1. The molecule has 0 saturated heterocycles. The molecule has 1 N–H and O–H groups in total. The second kappa shape index (κ2) is 8.05. The van der Waals surface area contributed by atoms with Crippen molar-refractivity contribution >= 4 is 45.9 Å². The third kappa shape index (κ3) is 3.76. The fourth-order valence-corrected chi connectivity index (χ4v) is 4.65. The minimum atomic E-state index is -0.224. The Hall–Kier alpha value is -2.96. The summed E-state index contributed by atoms with van der Waals surface area (Å²) in [5.74, 6) is 2.80. The third-order valence-corrected chi connectivity index (χ3v) is 6.19. The van der Waals surface area contributed by atoms with Crippen molar-refractivity contribution in [1.82, 2.24) is 9.78 Å². The summed E-state index contributed by atoms with van der Waals surface area (Å²) < 4.78 is 7.51. The number of hydrogen-bond acceptors (Lipinski definition) is 4. The average Bonchev–Trinajstić information content (AvgIpc) is 3.35. The molecule has 1 aromatic heterocycles. The number of fused-ring (bicyclic) bond motifs is 2. The number of carbonyl (C=O) groups is 1. The molecule has 0 atom stereocenters. The van der Waals surface area contributed by atoms with Crippen LogP contribution in [0.2, 0.25) is 5.02 Å². The van der Waals surface area contributed by atoms with Crippen molar-refractivity contribution in [2.45, 2.75) is 11.5 Å². The predicted molar refractivity (Wildman–Crippen MR) is 122 cm³/mol. The van der Waals surface area contributed by atoms with Crippen LogP contribution >= 0.6 is 23.4 Å². The summed E-state index contributed by atoms with van der Waals surface area (Å²) in [7, 11) is 0. The Morgan fingerprint density at radius 2 is 1.87 bits per heavy atom.